The van der Waals surface area contributed by atoms with Crippen LogP contribution in [-0.4, -0.2) is 6.04 Å². The molecule has 1 heteroatoms. The van der Waals surface area contributed by atoms with Crippen molar-refractivity contribution < 1.29 is 0 Å². The minimum Gasteiger partial charge on any atom is -0.310 e. The summed E-state index contributed by atoms with van der Waals surface area (Å²) in [5, 5.41) is 6.49. The van der Waals surface area contributed by atoms with Gasteiger partial charge in [0, 0.05) is 12.6 Å². The van der Waals surface area contributed by atoms with E-state index < -0.39 is 0 Å². The van der Waals surface area contributed by atoms with Crippen LogP contribution in [0.2, 0.25) is 0 Å². The summed E-state index contributed by atoms with van der Waals surface area (Å²) < 4.78 is 0. The molecule has 0 aliphatic heterocycles. The number of rotatable bonds is 3. The molecule has 0 amide bonds. The maximum absolute atomic E-state index is 3.79. The summed E-state index contributed by atoms with van der Waals surface area (Å²) in [6, 6.07) is 16.2. The van der Waals surface area contributed by atoms with E-state index in [1.807, 2.05) is 0 Å². The number of hydrogen-bond acceptors (Lipinski definition) is 1. The molecule has 3 unspecified atom stereocenters. The van der Waals surface area contributed by atoms with Crippen LogP contribution in [0.5, 0.6) is 0 Å². The average molecular weight is 251 g/mol. The van der Waals surface area contributed by atoms with Crippen LogP contribution < -0.4 is 5.32 Å². The van der Waals surface area contributed by atoms with Gasteiger partial charge in [0.1, 0.15) is 0 Å². The Hall–Kier alpha value is -1.34. The molecule has 0 radical (unpaired) electrons. The zero-order chi connectivity index (χ0) is 12.7. The minimum absolute atomic E-state index is 0.783. The normalized spacial score (nSPS) is 29.2. The third-order valence-corrected chi connectivity index (χ3v) is 5.12. The van der Waals surface area contributed by atoms with Crippen molar-refractivity contribution in [2.24, 2.45) is 11.8 Å². The predicted octanol–water partition coefficient (Wildman–Crippen LogP) is 4.12. The highest BCUT2D eigenvalue weighted by atomic mass is 14.9. The summed E-state index contributed by atoms with van der Waals surface area (Å²) in [4.78, 5) is 0. The Bertz CT molecular complexity index is 589. The Morgan fingerprint density at radius 2 is 1.84 bits per heavy atom. The van der Waals surface area contributed by atoms with Crippen LogP contribution in [0.1, 0.15) is 31.2 Å². The summed E-state index contributed by atoms with van der Waals surface area (Å²) in [5.74, 6) is 1.99. The lowest BCUT2D eigenvalue weighted by molar-refractivity contribution is 0.351. The zero-order valence-corrected chi connectivity index (χ0v) is 11.3. The molecule has 4 rings (SSSR count). The fourth-order valence-electron chi connectivity index (χ4n) is 4.09. The molecule has 98 valence electrons. The van der Waals surface area contributed by atoms with E-state index in [9.17, 15) is 0 Å². The maximum Gasteiger partial charge on any atom is 0.0208 e. The topological polar surface area (TPSA) is 12.0 Å². The lowest BCUT2D eigenvalue weighted by Crippen LogP contribution is -2.33. The van der Waals surface area contributed by atoms with Crippen LogP contribution in [0.3, 0.4) is 0 Å². The Balaban J connectivity index is 1.46. The first-order chi connectivity index (χ1) is 9.38. The third-order valence-electron chi connectivity index (χ3n) is 5.12. The molecule has 2 saturated carbocycles. The van der Waals surface area contributed by atoms with E-state index in [1.165, 1.54) is 42.0 Å². The van der Waals surface area contributed by atoms with E-state index in [0.29, 0.717) is 0 Å². The molecule has 2 bridgehead atoms. The van der Waals surface area contributed by atoms with Gasteiger partial charge in [0.25, 0.3) is 0 Å². The van der Waals surface area contributed by atoms with Crippen molar-refractivity contribution in [3.8, 4) is 0 Å². The molecule has 0 aromatic heterocycles. The third kappa shape index (κ3) is 2.17. The molecule has 2 aliphatic rings. The van der Waals surface area contributed by atoms with Crippen molar-refractivity contribution in [3.63, 3.8) is 0 Å². The summed E-state index contributed by atoms with van der Waals surface area (Å²) in [6.07, 6.45) is 5.84. The van der Waals surface area contributed by atoms with Gasteiger partial charge in [-0.2, -0.15) is 0 Å². The van der Waals surface area contributed by atoms with Crippen molar-refractivity contribution in [1.29, 1.82) is 0 Å². The van der Waals surface area contributed by atoms with Gasteiger partial charge in [-0.15, -0.1) is 0 Å². The lowest BCUT2D eigenvalue weighted by atomic mass is 9.95. The molecule has 2 aromatic rings. The van der Waals surface area contributed by atoms with Crippen molar-refractivity contribution in [2.45, 2.75) is 38.3 Å². The Morgan fingerprint density at radius 1 is 0.947 bits per heavy atom. The van der Waals surface area contributed by atoms with Crippen molar-refractivity contribution >= 4 is 10.8 Å². The van der Waals surface area contributed by atoms with Gasteiger partial charge in [0.2, 0.25) is 0 Å². The van der Waals surface area contributed by atoms with Gasteiger partial charge < -0.3 is 5.32 Å². The molecule has 0 heterocycles. The van der Waals surface area contributed by atoms with E-state index in [0.717, 1.165) is 24.4 Å². The monoisotopic (exact) mass is 251 g/mol. The maximum atomic E-state index is 3.79. The van der Waals surface area contributed by atoms with Crippen LogP contribution in [0.25, 0.3) is 10.8 Å². The second-order valence-corrected chi connectivity index (χ2v) is 6.34. The number of fused-ring (bicyclic) bond motifs is 3. The number of hydrogen-bond donors (Lipinski definition) is 1. The predicted molar refractivity (Wildman–Crippen MR) is 80.0 cm³/mol. The molecule has 1 nitrogen and oxygen atoms in total. The van der Waals surface area contributed by atoms with Crippen molar-refractivity contribution in [2.75, 3.05) is 0 Å². The summed E-state index contributed by atoms with van der Waals surface area (Å²) in [5.41, 5.74) is 1.42. The number of nitrogens with one attached hydrogen (secondary N) is 1. The Labute approximate surface area is 115 Å². The van der Waals surface area contributed by atoms with E-state index in [2.05, 4.69) is 47.8 Å². The molecule has 0 saturated heterocycles. The summed E-state index contributed by atoms with van der Waals surface area (Å²) in [7, 11) is 0. The molecule has 1 N–H and O–H groups in total. The summed E-state index contributed by atoms with van der Waals surface area (Å²) >= 11 is 0. The van der Waals surface area contributed by atoms with Crippen LogP contribution in [-0.2, 0) is 6.54 Å². The van der Waals surface area contributed by atoms with Gasteiger partial charge in [0.05, 0.1) is 0 Å². The average Bonchev–Trinajstić information content (AvgIpc) is 3.07. The van der Waals surface area contributed by atoms with Gasteiger partial charge in [0.15, 0.2) is 0 Å². The largest absolute Gasteiger partial charge is 0.310 e. The van der Waals surface area contributed by atoms with Gasteiger partial charge in [-0.25, -0.2) is 0 Å². The smallest absolute Gasteiger partial charge is 0.0208 e. The van der Waals surface area contributed by atoms with Crippen LogP contribution in [0, 0.1) is 11.8 Å². The van der Waals surface area contributed by atoms with Gasteiger partial charge >= 0.3 is 0 Å². The first-order valence-corrected chi connectivity index (χ1v) is 7.59. The fraction of sp³-hybridized carbons (Fsp3) is 0.444. The molecular weight excluding hydrogens is 230 g/mol. The lowest BCUT2D eigenvalue weighted by Gasteiger charge is -2.23. The zero-order valence-electron chi connectivity index (χ0n) is 11.3. The second-order valence-electron chi connectivity index (χ2n) is 6.34. The van der Waals surface area contributed by atoms with Crippen molar-refractivity contribution in [3.05, 3.63) is 48.0 Å². The summed E-state index contributed by atoms with van der Waals surface area (Å²) in [6.45, 7) is 1.03. The van der Waals surface area contributed by atoms with E-state index in [1.54, 1.807) is 0 Å². The first kappa shape index (κ1) is 11.5. The van der Waals surface area contributed by atoms with Gasteiger partial charge in [-0.1, -0.05) is 42.8 Å². The Morgan fingerprint density at radius 3 is 2.63 bits per heavy atom. The molecule has 19 heavy (non-hydrogen) atoms. The highest BCUT2D eigenvalue weighted by molar-refractivity contribution is 5.82. The first-order valence-electron chi connectivity index (χ1n) is 7.59. The molecule has 0 spiro atoms. The second kappa shape index (κ2) is 4.64. The van der Waals surface area contributed by atoms with Crippen molar-refractivity contribution in [1.82, 2.24) is 5.32 Å². The van der Waals surface area contributed by atoms with E-state index in [4.69, 9.17) is 0 Å². The molecule has 2 aromatic carbocycles. The van der Waals surface area contributed by atoms with Crippen LogP contribution >= 0.6 is 0 Å². The van der Waals surface area contributed by atoms with E-state index in [-0.39, 0.29) is 0 Å². The fourth-order valence-corrected chi connectivity index (χ4v) is 4.09. The minimum atomic E-state index is 0.783. The molecular formula is C18H21N. The van der Waals surface area contributed by atoms with Gasteiger partial charge in [-0.05, 0) is 53.5 Å². The molecule has 2 aliphatic carbocycles. The standard InChI is InChI=1S/C18H21N/c1-2-4-16-10-14(6-7-15(16)3-1)12-19-18-11-13-5-8-17(18)9-13/h1-4,6-7,10,13,17-19H,5,8-9,11-12H2. The highest BCUT2D eigenvalue weighted by Gasteiger charge is 2.38. The van der Waals surface area contributed by atoms with Crippen LogP contribution in [0.4, 0.5) is 0 Å². The molecule has 3 atom stereocenters. The highest BCUT2D eigenvalue weighted by Crippen LogP contribution is 2.44. The van der Waals surface area contributed by atoms with Crippen LogP contribution in [0.15, 0.2) is 42.5 Å². The molecule has 2 fully saturated rings. The quantitative estimate of drug-likeness (QED) is 0.865. The van der Waals surface area contributed by atoms with E-state index >= 15 is 0 Å². The Kier molecular flexibility index (Phi) is 2.81. The number of benzene rings is 2. The SMILES string of the molecule is c1ccc2cc(CNC3CC4CCC3C4)ccc2c1. The van der Waals surface area contributed by atoms with Gasteiger partial charge in [-0.3, -0.25) is 0 Å².